The van der Waals surface area contributed by atoms with Crippen molar-refractivity contribution in [2.75, 3.05) is 12.0 Å². The average Bonchev–Trinajstić information content (AvgIpc) is 1.68. The van der Waals surface area contributed by atoms with E-state index in [1.807, 2.05) is 0 Å². The molecule has 0 heterocycles. The highest BCUT2D eigenvalue weighted by Crippen LogP contribution is 2.04. The predicted molar refractivity (Wildman–Crippen MR) is 40.4 cm³/mol. The summed E-state index contributed by atoms with van der Waals surface area (Å²) >= 11 is 0. The Morgan fingerprint density at radius 3 is 2.29 bits per heavy atom. The molecule has 0 amide bonds. The fourth-order valence-electron chi connectivity index (χ4n) is 0.440. The van der Waals surface area contributed by atoms with Gasteiger partial charge in [0.15, 0.2) is 0 Å². The third-order valence-electron chi connectivity index (χ3n) is 0.928. The van der Waals surface area contributed by atoms with E-state index in [4.69, 9.17) is 0 Å². The van der Waals surface area contributed by atoms with E-state index < -0.39 is 0 Å². The molecule has 0 aliphatic heterocycles. The summed E-state index contributed by atoms with van der Waals surface area (Å²) in [6.07, 6.45) is 3.60. The van der Waals surface area contributed by atoms with Gasteiger partial charge in [-0.2, -0.15) is 10.5 Å². The molecular formula is C6H14S. The molecule has 0 aromatic carbocycles. The molecule has 0 rings (SSSR count). The molecule has 0 aliphatic carbocycles. The summed E-state index contributed by atoms with van der Waals surface area (Å²) in [7, 11) is 0.598. The van der Waals surface area contributed by atoms with Gasteiger partial charge >= 0.3 is 0 Å². The summed E-state index contributed by atoms with van der Waals surface area (Å²) in [5, 5.41) is 2.28. The highest BCUT2D eigenvalue weighted by molar-refractivity contribution is 8.14. The van der Waals surface area contributed by atoms with Gasteiger partial charge in [0.2, 0.25) is 0 Å². The van der Waals surface area contributed by atoms with Crippen LogP contribution in [0.2, 0.25) is 0 Å². The molecule has 0 N–H and O–H groups in total. The Kier molecular flexibility index (Phi) is 4.52. The summed E-state index contributed by atoms with van der Waals surface area (Å²) in [6.45, 7) is 4.37. The summed E-state index contributed by atoms with van der Waals surface area (Å²) in [5.74, 6) is 1.37. The van der Waals surface area contributed by atoms with Crippen molar-refractivity contribution < 1.29 is 0 Å². The number of rotatable bonds is 2. The molecule has 0 saturated carbocycles. The molecule has 44 valence electrons. The van der Waals surface area contributed by atoms with Crippen LogP contribution in [0.1, 0.15) is 20.3 Å². The van der Waals surface area contributed by atoms with Crippen LogP contribution in [0.4, 0.5) is 0 Å². The van der Waals surface area contributed by atoms with Gasteiger partial charge in [0, 0.05) is 0 Å². The largest absolute Gasteiger partial charge is 0.193 e. The average molecular weight is 118 g/mol. The first-order valence-electron chi connectivity index (χ1n) is 2.72. The van der Waals surface area contributed by atoms with Crippen LogP contribution in [0, 0.1) is 0 Å². The molecule has 1 atom stereocenters. The van der Waals surface area contributed by atoms with Crippen molar-refractivity contribution in [3.05, 3.63) is 0 Å². The van der Waals surface area contributed by atoms with Crippen LogP contribution >= 0.6 is 10.5 Å². The van der Waals surface area contributed by atoms with Crippen molar-refractivity contribution in [2.45, 2.75) is 20.3 Å². The molecule has 0 fully saturated rings. The van der Waals surface area contributed by atoms with Crippen LogP contribution in [-0.2, 0) is 0 Å². The van der Waals surface area contributed by atoms with Gasteiger partial charge < -0.3 is 0 Å². The molecule has 0 saturated heterocycles. The third kappa shape index (κ3) is 4.07. The topological polar surface area (TPSA) is 0 Å². The summed E-state index contributed by atoms with van der Waals surface area (Å²) in [6, 6.07) is 0. The molecular weight excluding hydrogens is 104 g/mol. The highest BCUT2D eigenvalue weighted by Gasteiger charge is 1.77. The highest BCUT2D eigenvalue weighted by atomic mass is 32.2. The molecule has 7 heavy (non-hydrogen) atoms. The van der Waals surface area contributed by atoms with Gasteiger partial charge in [0.1, 0.15) is 0 Å². The van der Waals surface area contributed by atoms with Gasteiger partial charge in [-0.25, -0.2) is 0 Å². The van der Waals surface area contributed by atoms with Gasteiger partial charge in [-0.15, -0.1) is 0 Å². The minimum Gasteiger partial charge on any atom is -0.193 e. The summed E-state index contributed by atoms with van der Waals surface area (Å²) < 4.78 is 0. The van der Waals surface area contributed by atoms with Crippen LogP contribution in [0.15, 0.2) is 0 Å². The first-order valence-corrected chi connectivity index (χ1v) is 4.58. The lowest BCUT2D eigenvalue weighted by Crippen LogP contribution is -1.75. The normalized spacial score (nSPS) is 14.7. The zero-order valence-electron chi connectivity index (χ0n) is 5.40. The third-order valence-corrected chi connectivity index (χ3v) is 2.79. The smallest absolute Gasteiger partial charge is 0.0126 e. The second-order valence-corrected chi connectivity index (χ2v) is 3.89. The molecule has 0 aromatic heterocycles. The molecule has 0 nitrogen and oxygen atoms in total. The van der Waals surface area contributed by atoms with Crippen molar-refractivity contribution in [2.24, 2.45) is 0 Å². The van der Waals surface area contributed by atoms with E-state index in [0.717, 1.165) is 0 Å². The second kappa shape index (κ2) is 4.38. The Morgan fingerprint density at radius 2 is 2.14 bits per heavy atom. The predicted octanol–water partition coefficient (Wildman–Crippen LogP) is 2.12. The van der Waals surface area contributed by atoms with E-state index in [1.165, 1.54) is 12.2 Å². The lowest BCUT2D eigenvalue weighted by Gasteiger charge is -1.93. The van der Waals surface area contributed by atoms with Gasteiger partial charge in [-0.1, -0.05) is 12.3 Å². The van der Waals surface area contributed by atoms with Crippen molar-refractivity contribution in [1.29, 1.82) is 0 Å². The van der Waals surface area contributed by atoms with Crippen LogP contribution in [-0.4, -0.2) is 17.4 Å². The fraction of sp³-hybridized carbons (Fsp3) is 0.833. The van der Waals surface area contributed by atoms with Gasteiger partial charge in [-0.05, 0) is 25.4 Å². The van der Waals surface area contributed by atoms with Crippen molar-refractivity contribution in [1.82, 2.24) is 0 Å². The maximum atomic E-state index is 2.28. The summed E-state index contributed by atoms with van der Waals surface area (Å²) in [4.78, 5) is 0. The minimum absolute atomic E-state index is 0.598. The van der Waals surface area contributed by atoms with Crippen LogP contribution in [0.3, 0.4) is 0 Å². The van der Waals surface area contributed by atoms with Gasteiger partial charge in [0.05, 0.1) is 0 Å². The number of hydrogen-bond donors (Lipinski definition) is 0. The minimum atomic E-state index is 0.598. The maximum Gasteiger partial charge on any atom is -0.0126 e. The van der Waals surface area contributed by atoms with Crippen molar-refractivity contribution in [3.63, 3.8) is 0 Å². The van der Waals surface area contributed by atoms with Crippen LogP contribution < -0.4 is 0 Å². The zero-order valence-corrected chi connectivity index (χ0v) is 6.22. The van der Waals surface area contributed by atoms with E-state index in [1.54, 1.807) is 0 Å². The lowest BCUT2D eigenvalue weighted by atomic mass is 10.6. The maximum absolute atomic E-state index is 2.28. The van der Waals surface area contributed by atoms with E-state index in [2.05, 4.69) is 25.5 Å². The Hall–Kier alpha value is 0.220. The molecule has 0 aromatic rings. The Labute approximate surface area is 48.9 Å². The molecule has 1 heteroatoms. The molecule has 1 unspecified atom stereocenters. The summed E-state index contributed by atoms with van der Waals surface area (Å²) in [5.41, 5.74) is 0. The lowest BCUT2D eigenvalue weighted by molar-refractivity contribution is 1.11. The monoisotopic (exact) mass is 118 g/mol. The van der Waals surface area contributed by atoms with Crippen LogP contribution in [0.25, 0.3) is 0 Å². The molecule has 0 bridgehead atoms. The van der Waals surface area contributed by atoms with E-state index in [-0.39, 0.29) is 0 Å². The molecule has 0 radical (unpaired) electrons. The first-order chi connectivity index (χ1) is 3.31. The molecule has 0 aliphatic rings. The SMILES string of the molecule is CC=S(C)CCC. The van der Waals surface area contributed by atoms with Gasteiger partial charge in [-0.3, -0.25) is 0 Å². The van der Waals surface area contributed by atoms with Crippen molar-refractivity contribution in [3.8, 4) is 0 Å². The Balaban J connectivity index is 3.17. The van der Waals surface area contributed by atoms with E-state index >= 15 is 0 Å². The van der Waals surface area contributed by atoms with Gasteiger partial charge in [0.25, 0.3) is 0 Å². The number of hydrogen-bond acceptors (Lipinski definition) is 0. The van der Waals surface area contributed by atoms with Crippen molar-refractivity contribution >= 4 is 15.9 Å². The zero-order chi connectivity index (χ0) is 5.70. The quantitative estimate of drug-likeness (QED) is 0.487. The van der Waals surface area contributed by atoms with E-state index in [0.29, 0.717) is 10.5 Å². The first kappa shape index (κ1) is 7.22. The second-order valence-electron chi connectivity index (χ2n) is 1.63. The Morgan fingerprint density at radius 1 is 1.57 bits per heavy atom. The standard InChI is InChI=1S/C6H14S/c1-4-6-7(3)5-2/h5H,4,6H2,1-3H3. The molecule has 0 spiro atoms. The Bertz CT molecular complexity index is 64.6. The van der Waals surface area contributed by atoms with E-state index in [9.17, 15) is 0 Å². The fourth-order valence-corrected chi connectivity index (χ4v) is 1.32. The van der Waals surface area contributed by atoms with Crippen LogP contribution in [0.5, 0.6) is 0 Å².